The van der Waals surface area contributed by atoms with E-state index in [-0.39, 0.29) is 16.8 Å². The number of fused-ring (bicyclic) bond motifs is 5. The van der Waals surface area contributed by atoms with Gasteiger partial charge in [-0.3, -0.25) is 9.59 Å². The first-order valence-corrected chi connectivity index (χ1v) is 10.2. The van der Waals surface area contributed by atoms with Crippen LogP contribution in [0.15, 0.2) is 11.6 Å². The average molecular weight is 354 g/mol. The monoisotopic (exact) mass is 354 g/mol. The van der Waals surface area contributed by atoms with Crippen molar-refractivity contribution in [3.63, 3.8) is 0 Å². The zero-order chi connectivity index (χ0) is 18.7. The van der Waals surface area contributed by atoms with E-state index in [1.807, 2.05) is 6.08 Å². The average Bonchev–Trinajstić information content (AvgIpc) is 2.88. The molecule has 0 aliphatic heterocycles. The molecule has 0 saturated heterocycles. The molecule has 4 aliphatic rings. The summed E-state index contributed by atoms with van der Waals surface area (Å²) in [7, 11) is 0. The number of hydrogen-bond acceptors (Lipinski definition) is 3. The molecule has 0 bridgehead atoms. The van der Waals surface area contributed by atoms with Crippen LogP contribution in [-0.4, -0.2) is 17.4 Å². The molecular formula is C23H30O3. The van der Waals surface area contributed by atoms with Gasteiger partial charge < -0.3 is 4.74 Å². The minimum atomic E-state index is -0.742. The highest BCUT2D eigenvalue weighted by Crippen LogP contribution is 2.68. The van der Waals surface area contributed by atoms with Crippen LogP contribution in [0.3, 0.4) is 0 Å². The van der Waals surface area contributed by atoms with E-state index in [1.165, 1.54) is 12.5 Å². The summed E-state index contributed by atoms with van der Waals surface area (Å²) in [5, 5.41) is 0. The van der Waals surface area contributed by atoms with E-state index < -0.39 is 5.60 Å². The number of terminal acetylenes is 1. The number of carbonyl (C=O) groups excluding carboxylic acids is 2. The van der Waals surface area contributed by atoms with Crippen molar-refractivity contribution in [1.29, 1.82) is 0 Å². The van der Waals surface area contributed by atoms with Crippen molar-refractivity contribution >= 4 is 11.8 Å². The molecule has 26 heavy (non-hydrogen) atoms. The van der Waals surface area contributed by atoms with Gasteiger partial charge in [0.05, 0.1) is 0 Å². The Morgan fingerprint density at radius 3 is 2.58 bits per heavy atom. The molecule has 4 aliphatic carbocycles. The van der Waals surface area contributed by atoms with Gasteiger partial charge in [-0.1, -0.05) is 25.3 Å². The smallest absolute Gasteiger partial charge is 0.304 e. The summed E-state index contributed by atoms with van der Waals surface area (Å²) in [6.45, 7) is 6.13. The fourth-order valence-corrected chi connectivity index (χ4v) is 7.24. The van der Waals surface area contributed by atoms with Crippen molar-refractivity contribution in [2.24, 2.45) is 28.6 Å². The predicted molar refractivity (Wildman–Crippen MR) is 100 cm³/mol. The van der Waals surface area contributed by atoms with Gasteiger partial charge in [0.15, 0.2) is 11.4 Å². The Kier molecular flexibility index (Phi) is 3.92. The van der Waals surface area contributed by atoms with Crippen molar-refractivity contribution in [3.05, 3.63) is 11.6 Å². The van der Waals surface area contributed by atoms with Gasteiger partial charge >= 0.3 is 5.97 Å². The molecule has 3 nitrogen and oxygen atoms in total. The van der Waals surface area contributed by atoms with E-state index in [2.05, 4.69) is 19.8 Å². The molecule has 0 aromatic heterocycles. The standard InChI is InChI=1S/C23H30O3/c1-5-23(26-15(2)24)13-10-20-18-7-6-16-14-17(25)8-11-21(16,3)19(18)9-12-22(20,23)4/h1,14,18-20H,6-13H2,2-4H3/t18-,19+,20+,21-,22-,23-/m0/s1. The zero-order valence-electron chi connectivity index (χ0n) is 16.3. The number of allylic oxidation sites excluding steroid dienone is 1. The third kappa shape index (κ3) is 2.20. The molecular weight excluding hydrogens is 324 g/mol. The van der Waals surface area contributed by atoms with Gasteiger partial charge in [0.2, 0.25) is 0 Å². The predicted octanol–water partition coefficient (Wildman–Crippen LogP) is 4.45. The second kappa shape index (κ2) is 5.72. The topological polar surface area (TPSA) is 43.4 Å². The lowest BCUT2D eigenvalue weighted by Gasteiger charge is -2.58. The molecule has 3 fully saturated rings. The summed E-state index contributed by atoms with van der Waals surface area (Å²) in [4.78, 5) is 23.7. The molecule has 3 saturated carbocycles. The Morgan fingerprint density at radius 2 is 1.88 bits per heavy atom. The number of carbonyl (C=O) groups is 2. The molecule has 0 unspecified atom stereocenters. The fourth-order valence-electron chi connectivity index (χ4n) is 7.24. The molecule has 140 valence electrons. The Hall–Kier alpha value is -1.56. The highest BCUT2D eigenvalue weighted by Gasteiger charge is 2.65. The van der Waals surface area contributed by atoms with Gasteiger partial charge in [0.1, 0.15) is 0 Å². The number of ether oxygens (including phenoxy) is 1. The van der Waals surface area contributed by atoms with E-state index in [1.54, 1.807) is 0 Å². The lowest BCUT2D eigenvalue weighted by molar-refractivity contribution is -0.169. The summed E-state index contributed by atoms with van der Waals surface area (Å²) >= 11 is 0. The van der Waals surface area contributed by atoms with Crippen molar-refractivity contribution in [2.75, 3.05) is 0 Å². The van der Waals surface area contributed by atoms with Crippen LogP contribution < -0.4 is 0 Å². The number of hydrogen-bond donors (Lipinski definition) is 0. The SMILES string of the molecule is C#C[C@]1(OC(C)=O)CC[C@@H]2[C@H]3CCC4=CC(=O)CC[C@]4(C)[C@@H]3CC[C@@]21C. The van der Waals surface area contributed by atoms with Gasteiger partial charge in [-0.15, -0.1) is 6.42 Å². The Bertz CT molecular complexity index is 728. The molecule has 3 heteroatoms. The molecule has 0 N–H and O–H groups in total. The van der Waals surface area contributed by atoms with Gasteiger partial charge in [-0.25, -0.2) is 0 Å². The number of esters is 1. The molecule has 0 heterocycles. The van der Waals surface area contributed by atoms with Crippen molar-refractivity contribution in [3.8, 4) is 12.3 Å². The van der Waals surface area contributed by atoms with Crippen molar-refractivity contribution < 1.29 is 14.3 Å². The zero-order valence-corrected chi connectivity index (χ0v) is 16.3. The minimum absolute atomic E-state index is 0.128. The summed E-state index contributed by atoms with van der Waals surface area (Å²) in [6, 6.07) is 0. The highest BCUT2D eigenvalue weighted by atomic mass is 16.6. The summed E-state index contributed by atoms with van der Waals surface area (Å²) in [6.07, 6.45) is 15.7. The third-order valence-electron chi connectivity index (χ3n) is 8.63. The molecule has 6 atom stereocenters. The van der Waals surface area contributed by atoms with Gasteiger partial charge in [-0.2, -0.15) is 0 Å². The van der Waals surface area contributed by atoms with Crippen molar-refractivity contribution in [1.82, 2.24) is 0 Å². The van der Waals surface area contributed by atoms with Crippen LogP contribution in [0.5, 0.6) is 0 Å². The first-order chi connectivity index (χ1) is 12.3. The second-order valence-corrected chi connectivity index (χ2v) is 9.53. The van der Waals surface area contributed by atoms with Crippen LogP contribution in [0.4, 0.5) is 0 Å². The van der Waals surface area contributed by atoms with E-state index in [0.29, 0.717) is 30.0 Å². The first kappa shape index (κ1) is 17.8. The minimum Gasteiger partial charge on any atom is -0.445 e. The number of rotatable bonds is 1. The first-order valence-electron chi connectivity index (χ1n) is 10.2. The van der Waals surface area contributed by atoms with Gasteiger partial charge in [-0.05, 0) is 74.2 Å². The van der Waals surface area contributed by atoms with Crippen LogP contribution in [0.25, 0.3) is 0 Å². The fraction of sp³-hybridized carbons (Fsp3) is 0.739. The lowest BCUT2D eigenvalue weighted by atomic mass is 9.46. The molecule has 0 aromatic rings. The largest absolute Gasteiger partial charge is 0.445 e. The van der Waals surface area contributed by atoms with Crippen LogP contribution in [-0.2, 0) is 14.3 Å². The number of ketones is 1. The normalized spacial score (nSPS) is 47.1. The van der Waals surface area contributed by atoms with E-state index >= 15 is 0 Å². The van der Waals surface area contributed by atoms with Crippen LogP contribution in [0.2, 0.25) is 0 Å². The van der Waals surface area contributed by atoms with Gasteiger partial charge in [0, 0.05) is 18.8 Å². The molecule has 0 spiro atoms. The Balaban J connectivity index is 1.69. The van der Waals surface area contributed by atoms with Gasteiger partial charge in [0.25, 0.3) is 0 Å². The van der Waals surface area contributed by atoms with E-state index in [4.69, 9.17) is 11.2 Å². The summed E-state index contributed by atoms with van der Waals surface area (Å²) in [5.41, 5.74) is 0.686. The quantitative estimate of drug-likeness (QED) is 0.516. The third-order valence-corrected chi connectivity index (χ3v) is 8.63. The molecule has 0 aromatic carbocycles. The Morgan fingerprint density at radius 1 is 1.15 bits per heavy atom. The maximum Gasteiger partial charge on any atom is 0.304 e. The maximum absolute atomic E-state index is 11.9. The highest BCUT2D eigenvalue weighted by molar-refractivity contribution is 5.91. The lowest BCUT2D eigenvalue weighted by Crippen LogP contribution is -2.55. The Labute approximate surface area is 156 Å². The van der Waals surface area contributed by atoms with Crippen molar-refractivity contribution in [2.45, 2.75) is 77.7 Å². The van der Waals surface area contributed by atoms with E-state index in [0.717, 1.165) is 44.9 Å². The molecule has 0 amide bonds. The second-order valence-electron chi connectivity index (χ2n) is 9.53. The maximum atomic E-state index is 11.9. The summed E-state index contributed by atoms with van der Waals surface area (Å²) < 4.78 is 5.81. The summed E-state index contributed by atoms with van der Waals surface area (Å²) in [5.74, 6) is 4.71. The molecule has 4 rings (SSSR count). The van der Waals surface area contributed by atoms with Crippen LogP contribution in [0.1, 0.15) is 72.1 Å². The van der Waals surface area contributed by atoms with Crippen LogP contribution >= 0.6 is 0 Å². The molecule has 0 radical (unpaired) electrons. The van der Waals surface area contributed by atoms with E-state index in [9.17, 15) is 9.59 Å². The van der Waals surface area contributed by atoms with Crippen LogP contribution in [0, 0.1) is 40.9 Å².